The molecule has 0 aromatic heterocycles. The summed E-state index contributed by atoms with van der Waals surface area (Å²) in [6.07, 6.45) is 2.36. The van der Waals surface area contributed by atoms with Crippen LogP contribution in [-0.2, 0) is 9.84 Å². The molecular weight excluding hydrogens is 198 g/mol. The Kier molecular flexibility index (Phi) is 2.33. The van der Waals surface area contributed by atoms with Crippen LogP contribution in [0.15, 0.2) is 29.2 Å². The smallest absolute Gasteiger partial charge is 0.175 e. The third-order valence-corrected chi connectivity index (χ3v) is 3.66. The zero-order chi connectivity index (χ0) is 10.2. The number of hydrogen-bond acceptors (Lipinski definition) is 3. The fraction of sp³-hybridized carbons (Fsp3) is 0.400. The topological polar surface area (TPSA) is 46.2 Å². The monoisotopic (exact) mass is 211 g/mol. The van der Waals surface area contributed by atoms with Gasteiger partial charge in [0.1, 0.15) is 0 Å². The summed E-state index contributed by atoms with van der Waals surface area (Å²) in [5.41, 5.74) is 1.17. The van der Waals surface area contributed by atoms with E-state index in [1.807, 2.05) is 12.1 Å². The van der Waals surface area contributed by atoms with Crippen LogP contribution < -0.4 is 5.32 Å². The Balaban J connectivity index is 2.26. The molecule has 0 aliphatic carbocycles. The molecule has 0 unspecified atom stereocenters. The molecule has 1 fully saturated rings. The van der Waals surface area contributed by atoms with E-state index in [0.29, 0.717) is 10.9 Å². The van der Waals surface area contributed by atoms with Crippen LogP contribution in [0.3, 0.4) is 0 Å². The van der Waals surface area contributed by atoms with Gasteiger partial charge in [-0.15, -0.1) is 0 Å². The molecule has 0 amide bonds. The van der Waals surface area contributed by atoms with Crippen molar-refractivity contribution in [3.05, 3.63) is 29.8 Å². The van der Waals surface area contributed by atoms with Gasteiger partial charge in [0.2, 0.25) is 0 Å². The van der Waals surface area contributed by atoms with E-state index in [2.05, 4.69) is 5.32 Å². The quantitative estimate of drug-likeness (QED) is 0.797. The van der Waals surface area contributed by atoms with Gasteiger partial charge in [0.15, 0.2) is 9.84 Å². The highest BCUT2D eigenvalue weighted by Crippen LogP contribution is 2.23. The molecule has 1 aliphatic rings. The molecule has 14 heavy (non-hydrogen) atoms. The van der Waals surface area contributed by atoms with Gasteiger partial charge in [-0.2, -0.15) is 0 Å². The van der Waals surface area contributed by atoms with E-state index in [9.17, 15) is 8.42 Å². The van der Waals surface area contributed by atoms with Gasteiger partial charge in [-0.25, -0.2) is 8.42 Å². The minimum atomic E-state index is -3.05. The van der Waals surface area contributed by atoms with Crippen LogP contribution in [0.2, 0.25) is 0 Å². The summed E-state index contributed by atoms with van der Waals surface area (Å²) in [6.45, 7) is 1.05. The Labute approximate surface area is 84.1 Å². The highest BCUT2D eigenvalue weighted by atomic mass is 32.2. The maximum atomic E-state index is 11.2. The number of benzene rings is 1. The molecule has 1 atom stereocenters. The Morgan fingerprint density at radius 2 is 1.86 bits per heavy atom. The van der Waals surface area contributed by atoms with Crippen molar-refractivity contribution in [3.8, 4) is 0 Å². The van der Waals surface area contributed by atoms with Crippen molar-refractivity contribution >= 4 is 9.84 Å². The first-order valence-corrected chi connectivity index (χ1v) is 6.50. The van der Waals surface area contributed by atoms with Crippen LogP contribution >= 0.6 is 0 Å². The van der Waals surface area contributed by atoms with Crippen LogP contribution in [0, 0.1) is 0 Å². The van der Waals surface area contributed by atoms with Crippen molar-refractivity contribution in [3.63, 3.8) is 0 Å². The zero-order valence-corrected chi connectivity index (χ0v) is 8.84. The molecule has 1 aromatic carbocycles. The first-order chi connectivity index (χ1) is 6.57. The largest absolute Gasteiger partial charge is 0.310 e. The zero-order valence-electron chi connectivity index (χ0n) is 8.03. The SMILES string of the molecule is CS(=O)(=O)c1ccc([C@@H]2CCN2)cc1. The van der Waals surface area contributed by atoms with Crippen molar-refractivity contribution in [1.82, 2.24) is 5.32 Å². The molecule has 0 bridgehead atoms. The maximum absolute atomic E-state index is 11.2. The summed E-state index contributed by atoms with van der Waals surface area (Å²) in [6, 6.07) is 7.53. The van der Waals surface area contributed by atoms with Crippen LogP contribution in [0.4, 0.5) is 0 Å². The second-order valence-electron chi connectivity index (χ2n) is 3.64. The third-order valence-electron chi connectivity index (χ3n) is 2.53. The molecule has 0 spiro atoms. The van der Waals surface area contributed by atoms with Crippen molar-refractivity contribution in [2.45, 2.75) is 17.4 Å². The van der Waals surface area contributed by atoms with Gasteiger partial charge in [-0.1, -0.05) is 12.1 Å². The van der Waals surface area contributed by atoms with Gasteiger partial charge < -0.3 is 5.32 Å². The van der Waals surface area contributed by atoms with E-state index >= 15 is 0 Å². The van der Waals surface area contributed by atoms with Crippen LogP contribution in [0.5, 0.6) is 0 Å². The third kappa shape index (κ3) is 1.81. The molecule has 1 aromatic rings. The number of nitrogens with one attached hydrogen (secondary N) is 1. The normalized spacial score (nSPS) is 21.6. The summed E-state index contributed by atoms with van der Waals surface area (Å²) in [4.78, 5) is 0.389. The summed E-state index contributed by atoms with van der Waals surface area (Å²) in [5, 5.41) is 3.27. The Morgan fingerprint density at radius 1 is 1.29 bits per heavy atom. The number of rotatable bonds is 2. The average Bonchev–Trinajstić information content (AvgIpc) is 2.00. The van der Waals surface area contributed by atoms with Crippen LogP contribution in [-0.4, -0.2) is 21.2 Å². The standard InChI is InChI=1S/C10H13NO2S/c1-14(12,13)9-4-2-8(3-5-9)10-6-7-11-10/h2-5,10-11H,6-7H2,1H3/t10-/m0/s1. The van der Waals surface area contributed by atoms with Gasteiger partial charge in [-0.05, 0) is 30.7 Å². The predicted octanol–water partition coefficient (Wildman–Crippen LogP) is 1.12. The lowest BCUT2D eigenvalue weighted by Gasteiger charge is -2.28. The predicted molar refractivity (Wildman–Crippen MR) is 54.9 cm³/mol. The van der Waals surface area contributed by atoms with E-state index in [1.165, 1.54) is 11.8 Å². The first kappa shape index (κ1) is 9.68. The minimum absolute atomic E-state index is 0.389. The second kappa shape index (κ2) is 3.37. The van der Waals surface area contributed by atoms with Gasteiger partial charge >= 0.3 is 0 Å². The molecule has 2 rings (SSSR count). The average molecular weight is 211 g/mol. The molecular formula is C10H13NO2S. The highest BCUT2D eigenvalue weighted by molar-refractivity contribution is 7.90. The van der Waals surface area contributed by atoms with Crippen molar-refractivity contribution in [1.29, 1.82) is 0 Å². The van der Waals surface area contributed by atoms with Crippen LogP contribution in [0.1, 0.15) is 18.0 Å². The Hall–Kier alpha value is -0.870. The first-order valence-electron chi connectivity index (χ1n) is 4.61. The van der Waals surface area contributed by atoms with E-state index in [0.717, 1.165) is 13.0 Å². The molecule has 1 heterocycles. The lowest BCUT2D eigenvalue weighted by Crippen LogP contribution is -2.34. The molecule has 3 nitrogen and oxygen atoms in total. The number of sulfone groups is 1. The lowest BCUT2D eigenvalue weighted by molar-refractivity contribution is 0.383. The van der Waals surface area contributed by atoms with Gasteiger partial charge in [0.05, 0.1) is 4.90 Å². The van der Waals surface area contributed by atoms with E-state index in [4.69, 9.17) is 0 Å². The van der Waals surface area contributed by atoms with Crippen LogP contribution in [0.25, 0.3) is 0 Å². The molecule has 76 valence electrons. The van der Waals surface area contributed by atoms with E-state index < -0.39 is 9.84 Å². The summed E-state index contributed by atoms with van der Waals surface area (Å²) >= 11 is 0. The molecule has 1 N–H and O–H groups in total. The maximum Gasteiger partial charge on any atom is 0.175 e. The molecule has 0 saturated carbocycles. The van der Waals surface area contributed by atoms with E-state index in [-0.39, 0.29) is 0 Å². The van der Waals surface area contributed by atoms with Crippen molar-refractivity contribution < 1.29 is 8.42 Å². The lowest BCUT2D eigenvalue weighted by atomic mass is 9.98. The Morgan fingerprint density at radius 3 is 2.21 bits per heavy atom. The summed E-state index contributed by atoms with van der Waals surface area (Å²) in [7, 11) is -3.05. The van der Waals surface area contributed by atoms with Gasteiger partial charge in [0.25, 0.3) is 0 Å². The molecule has 0 radical (unpaired) electrons. The Bertz CT molecular complexity index is 418. The van der Waals surface area contributed by atoms with Gasteiger partial charge in [0, 0.05) is 12.3 Å². The summed E-state index contributed by atoms with van der Waals surface area (Å²) < 4.78 is 22.4. The van der Waals surface area contributed by atoms with Crippen molar-refractivity contribution in [2.75, 3.05) is 12.8 Å². The summed E-state index contributed by atoms with van der Waals surface area (Å²) in [5.74, 6) is 0. The second-order valence-corrected chi connectivity index (χ2v) is 5.65. The van der Waals surface area contributed by atoms with E-state index in [1.54, 1.807) is 12.1 Å². The van der Waals surface area contributed by atoms with Crippen molar-refractivity contribution in [2.24, 2.45) is 0 Å². The number of hydrogen-bond donors (Lipinski definition) is 1. The fourth-order valence-corrected chi connectivity index (χ4v) is 2.15. The molecule has 4 heteroatoms. The fourth-order valence-electron chi connectivity index (χ4n) is 1.52. The highest BCUT2D eigenvalue weighted by Gasteiger charge is 2.18. The van der Waals surface area contributed by atoms with Gasteiger partial charge in [-0.3, -0.25) is 0 Å². The molecule has 1 saturated heterocycles. The molecule has 1 aliphatic heterocycles. The minimum Gasteiger partial charge on any atom is -0.310 e.